The summed E-state index contributed by atoms with van der Waals surface area (Å²) >= 11 is 1.35. The average molecular weight is 271 g/mol. The zero-order valence-electron chi connectivity index (χ0n) is 10.4. The molecule has 1 amide bonds. The van der Waals surface area contributed by atoms with E-state index in [2.05, 4.69) is 10.3 Å². The zero-order valence-corrected chi connectivity index (χ0v) is 11.2. The van der Waals surface area contributed by atoms with Gasteiger partial charge in [-0.3, -0.25) is 14.5 Å². The Morgan fingerprint density at radius 2 is 2.33 bits per heavy atom. The van der Waals surface area contributed by atoms with Crippen molar-refractivity contribution in [1.82, 2.24) is 9.88 Å². The van der Waals surface area contributed by atoms with E-state index in [1.807, 2.05) is 11.8 Å². The van der Waals surface area contributed by atoms with E-state index in [-0.39, 0.29) is 24.9 Å². The zero-order chi connectivity index (χ0) is 13.5. The molecule has 0 saturated heterocycles. The van der Waals surface area contributed by atoms with Gasteiger partial charge in [0.15, 0.2) is 5.13 Å². The number of carboxylic acids is 1. The lowest BCUT2D eigenvalue weighted by molar-refractivity contribution is -0.138. The van der Waals surface area contributed by atoms with E-state index in [0.717, 1.165) is 0 Å². The van der Waals surface area contributed by atoms with Gasteiger partial charge < -0.3 is 10.4 Å². The number of carboxylic acid groups (broad SMARTS) is 1. The number of carbonyl (C=O) groups excluding carboxylic acids is 1. The van der Waals surface area contributed by atoms with Crippen LogP contribution >= 0.6 is 11.3 Å². The molecule has 0 aromatic carbocycles. The van der Waals surface area contributed by atoms with Gasteiger partial charge in [0, 0.05) is 17.6 Å². The summed E-state index contributed by atoms with van der Waals surface area (Å²) in [5.74, 6) is -1.04. The number of thiazole rings is 1. The number of carbonyl (C=O) groups is 2. The molecule has 1 atom stereocenters. The van der Waals surface area contributed by atoms with Crippen molar-refractivity contribution in [3.63, 3.8) is 0 Å². The quantitative estimate of drug-likeness (QED) is 0.780. The van der Waals surface area contributed by atoms with E-state index in [1.54, 1.807) is 18.5 Å². The van der Waals surface area contributed by atoms with Gasteiger partial charge in [-0.2, -0.15) is 0 Å². The maximum absolute atomic E-state index is 11.7. The predicted molar refractivity (Wildman–Crippen MR) is 69.7 cm³/mol. The Hall–Kier alpha value is -1.47. The smallest absolute Gasteiger partial charge is 0.304 e. The third-order valence-corrected chi connectivity index (χ3v) is 3.21. The van der Waals surface area contributed by atoms with Crippen LogP contribution in [-0.4, -0.2) is 46.0 Å². The molecule has 18 heavy (non-hydrogen) atoms. The van der Waals surface area contributed by atoms with Crippen molar-refractivity contribution in [2.75, 3.05) is 18.4 Å². The van der Waals surface area contributed by atoms with E-state index < -0.39 is 5.97 Å². The molecule has 1 heterocycles. The first kappa shape index (κ1) is 14.6. The SMILES string of the molecule is CCN(CC(=O)Nc1nccs1)C(C)CC(=O)O. The maximum Gasteiger partial charge on any atom is 0.304 e. The van der Waals surface area contributed by atoms with Crippen LogP contribution in [0.25, 0.3) is 0 Å². The maximum atomic E-state index is 11.7. The summed E-state index contributed by atoms with van der Waals surface area (Å²) < 4.78 is 0. The van der Waals surface area contributed by atoms with Crippen molar-refractivity contribution < 1.29 is 14.7 Å². The molecule has 0 saturated carbocycles. The van der Waals surface area contributed by atoms with Gasteiger partial charge in [0.05, 0.1) is 13.0 Å². The van der Waals surface area contributed by atoms with Crippen molar-refractivity contribution >= 4 is 28.3 Å². The first-order valence-corrected chi connectivity index (χ1v) is 6.56. The summed E-state index contributed by atoms with van der Waals surface area (Å²) in [5.41, 5.74) is 0. The van der Waals surface area contributed by atoms with E-state index >= 15 is 0 Å². The van der Waals surface area contributed by atoms with Gasteiger partial charge in [0.25, 0.3) is 0 Å². The largest absolute Gasteiger partial charge is 0.481 e. The third-order valence-electron chi connectivity index (χ3n) is 2.52. The Bertz CT molecular complexity index is 394. The van der Waals surface area contributed by atoms with Crippen molar-refractivity contribution in [3.8, 4) is 0 Å². The fourth-order valence-corrected chi connectivity index (χ4v) is 2.13. The molecular weight excluding hydrogens is 254 g/mol. The molecule has 1 unspecified atom stereocenters. The second-order valence-corrected chi connectivity index (χ2v) is 4.79. The molecule has 0 aliphatic rings. The number of aromatic nitrogens is 1. The highest BCUT2D eigenvalue weighted by Gasteiger charge is 2.18. The van der Waals surface area contributed by atoms with Crippen LogP contribution in [0.15, 0.2) is 11.6 Å². The van der Waals surface area contributed by atoms with Crippen LogP contribution in [0, 0.1) is 0 Å². The van der Waals surface area contributed by atoms with Crippen molar-refractivity contribution in [3.05, 3.63) is 11.6 Å². The molecule has 1 rings (SSSR count). The lowest BCUT2D eigenvalue weighted by Crippen LogP contribution is -2.40. The molecule has 0 aliphatic heterocycles. The number of hydrogen-bond acceptors (Lipinski definition) is 5. The molecule has 1 aromatic heterocycles. The van der Waals surface area contributed by atoms with Crippen LogP contribution in [0.3, 0.4) is 0 Å². The molecule has 0 fully saturated rings. The Morgan fingerprint density at radius 3 is 2.83 bits per heavy atom. The van der Waals surface area contributed by atoms with Crippen LogP contribution in [0.1, 0.15) is 20.3 Å². The number of anilines is 1. The molecule has 1 aromatic rings. The normalized spacial score (nSPS) is 12.4. The summed E-state index contributed by atoms with van der Waals surface area (Å²) in [5, 5.41) is 13.7. The monoisotopic (exact) mass is 271 g/mol. The lowest BCUT2D eigenvalue weighted by atomic mass is 10.2. The van der Waals surface area contributed by atoms with E-state index in [4.69, 9.17) is 5.11 Å². The number of likely N-dealkylation sites (N-methyl/N-ethyl adjacent to an activating group) is 1. The molecular formula is C11H17N3O3S. The minimum Gasteiger partial charge on any atom is -0.481 e. The van der Waals surface area contributed by atoms with Crippen molar-refractivity contribution in [1.29, 1.82) is 0 Å². The minimum atomic E-state index is -0.860. The van der Waals surface area contributed by atoms with Gasteiger partial charge in [-0.25, -0.2) is 4.98 Å². The molecule has 6 nitrogen and oxygen atoms in total. The van der Waals surface area contributed by atoms with Gasteiger partial charge in [0.2, 0.25) is 5.91 Å². The average Bonchev–Trinajstić information content (AvgIpc) is 2.77. The third kappa shape index (κ3) is 4.80. The lowest BCUT2D eigenvalue weighted by Gasteiger charge is -2.25. The Kier molecular flexibility index (Phi) is 5.73. The fourth-order valence-electron chi connectivity index (χ4n) is 1.59. The molecule has 0 radical (unpaired) electrons. The van der Waals surface area contributed by atoms with Gasteiger partial charge in [0.1, 0.15) is 0 Å². The molecule has 0 spiro atoms. The van der Waals surface area contributed by atoms with Crippen molar-refractivity contribution in [2.24, 2.45) is 0 Å². The summed E-state index contributed by atoms with van der Waals surface area (Å²) in [6.07, 6.45) is 1.64. The fraction of sp³-hybridized carbons (Fsp3) is 0.545. The molecule has 2 N–H and O–H groups in total. The Labute approximate surface area is 110 Å². The molecule has 0 bridgehead atoms. The second-order valence-electron chi connectivity index (χ2n) is 3.90. The van der Waals surface area contributed by atoms with Crippen molar-refractivity contribution in [2.45, 2.75) is 26.3 Å². The van der Waals surface area contributed by atoms with Crippen LogP contribution in [0.4, 0.5) is 5.13 Å². The summed E-state index contributed by atoms with van der Waals surface area (Å²) in [6, 6.07) is -0.172. The molecule has 0 aliphatic carbocycles. The number of nitrogens with one attached hydrogen (secondary N) is 1. The first-order valence-electron chi connectivity index (χ1n) is 5.68. The van der Waals surface area contributed by atoms with Gasteiger partial charge in [-0.1, -0.05) is 6.92 Å². The van der Waals surface area contributed by atoms with E-state index in [0.29, 0.717) is 11.7 Å². The first-order chi connectivity index (χ1) is 8.52. The van der Waals surface area contributed by atoms with Crippen LogP contribution < -0.4 is 5.32 Å². The summed E-state index contributed by atoms with van der Waals surface area (Å²) in [4.78, 5) is 28.1. The topological polar surface area (TPSA) is 82.5 Å². The number of hydrogen-bond donors (Lipinski definition) is 2. The minimum absolute atomic E-state index is 0.0262. The number of aliphatic carboxylic acids is 1. The highest BCUT2D eigenvalue weighted by molar-refractivity contribution is 7.13. The van der Waals surface area contributed by atoms with Crippen LogP contribution in [0.2, 0.25) is 0 Å². The highest BCUT2D eigenvalue weighted by atomic mass is 32.1. The van der Waals surface area contributed by atoms with E-state index in [1.165, 1.54) is 11.3 Å². The highest BCUT2D eigenvalue weighted by Crippen LogP contribution is 2.10. The number of amides is 1. The van der Waals surface area contributed by atoms with Gasteiger partial charge in [-0.05, 0) is 13.5 Å². The molecule has 100 valence electrons. The van der Waals surface area contributed by atoms with E-state index in [9.17, 15) is 9.59 Å². The van der Waals surface area contributed by atoms with Gasteiger partial charge in [-0.15, -0.1) is 11.3 Å². The second kappa shape index (κ2) is 7.07. The Balaban J connectivity index is 2.47. The number of rotatable bonds is 7. The summed E-state index contributed by atoms with van der Waals surface area (Å²) in [7, 11) is 0. The van der Waals surface area contributed by atoms with Crippen LogP contribution in [-0.2, 0) is 9.59 Å². The van der Waals surface area contributed by atoms with Gasteiger partial charge >= 0.3 is 5.97 Å². The molecule has 7 heteroatoms. The Morgan fingerprint density at radius 1 is 1.61 bits per heavy atom. The summed E-state index contributed by atoms with van der Waals surface area (Å²) in [6.45, 7) is 4.49. The van der Waals surface area contributed by atoms with Crippen LogP contribution in [0.5, 0.6) is 0 Å². The standard InChI is InChI=1S/C11H17N3O3S/c1-3-14(8(2)6-10(16)17)7-9(15)13-11-12-4-5-18-11/h4-5,8H,3,6-7H2,1-2H3,(H,16,17)(H,12,13,15). The predicted octanol–water partition coefficient (Wildman–Crippen LogP) is 1.27. The number of nitrogens with zero attached hydrogens (tertiary/aromatic N) is 2.